The van der Waals surface area contributed by atoms with Crippen LogP contribution in [0.15, 0.2) is 23.8 Å². The number of aliphatic carboxylic acids is 1. The number of nitrogens with one attached hydrogen (secondary N) is 1. The van der Waals surface area contributed by atoms with Gasteiger partial charge in [-0.05, 0) is 67.4 Å². The van der Waals surface area contributed by atoms with E-state index in [1.165, 1.54) is 5.57 Å². The maximum Gasteiger partial charge on any atom is 0.389 e. The number of carbonyl (C=O) groups is 1. The molecule has 4 nitrogen and oxygen atoms in total. The minimum atomic E-state index is -4.15. The Hall–Kier alpha value is -2.02. The first-order valence-electron chi connectivity index (χ1n) is 10.6. The maximum atomic E-state index is 12.2. The molecular weight excluding hydrogens is 395 g/mol. The fourth-order valence-corrected chi connectivity index (χ4v) is 3.93. The van der Waals surface area contributed by atoms with Crippen molar-refractivity contribution in [1.82, 2.24) is 5.32 Å². The Morgan fingerprint density at radius 2 is 2.10 bits per heavy atom. The van der Waals surface area contributed by atoms with Crippen molar-refractivity contribution in [2.75, 3.05) is 6.61 Å². The number of ether oxygens (including phenoxy) is 1. The minimum absolute atomic E-state index is 0.0463. The van der Waals surface area contributed by atoms with Crippen molar-refractivity contribution in [3.63, 3.8) is 0 Å². The highest BCUT2D eigenvalue weighted by atomic mass is 19.4. The van der Waals surface area contributed by atoms with E-state index in [2.05, 4.69) is 32.2 Å². The Kier molecular flexibility index (Phi) is 8.77. The van der Waals surface area contributed by atoms with E-state index >= 15 is 0 Å². The summed E-state index contributed by atoms with van der Waals surface area (Å²) in [5, 5.41) is 12.5. The molecule has 0 saturated carbocycles. The van der Waals surface area contributed by atoms with Crippen LogP contribution in [0.4, 0.5) is 13.2 Å². The van der Waals surface area contributed by atoms with Crippen molar-refractivity contribution in [2.45, 2.75) is 77.6 Å². The monoisotopic (exact) mass is 427 g/mol. The predicted octanol–water partition coefficient (Wildman–Crippen LogP) is 5.61. The van der Waals surface area contributed by atoms with Crippen molar-refractivity contribution in [3.8, 4) is 5.75 Å². The summed E-state index contributed by atoms with van der Waals surface area (Å²) in [5.74, 6) is 0.127. The van der Waals surface area contributed by atoms with Gasteiger partial charge in [0.1, 0.15) is 5.75 Å². The number of carboxylic acids is 1. The Morgan fingerprint density at radius 1 is 1.37 bits per heavy atom. The molecule has 2 rings (SSSR count). The van der Waals surface area contributed by atoms with Gasteiger partial charge in [0, 0.05) is 24.9 Å². The number of fused-ring (bicyclic) bond motifs is 1. The van der Waals surface area contributed by atoms with Gasteiger partial charge in [-0.1, -0.05) is 26.0 Å². The Bertz CT molecular complexity index is 746. The summed E-state index contributed by atoms with van der Waals surface area (Å²) < 4.78 is 42.2. The fraction of sp³-hybridized carbons (Fsp3) is 0.609. The van der Waals surface area contributed by atoms with E-state index in [1.54, 1.807) is 6.07 Å². The summed E-state index contributed by atoms with van der Waals surface area (Å²) in [5.41, 5.74) is 3.50. The maximum absolute atomic E-state index is 12.2. The molecule has 0 amide bonds. The zero-order valence-electron chi connectivity index (χ0n) is 17.9. The molecule has 1 aliphatic rings. The second-order valence-corrected chi connectivity index (χ2v) is 8.10. The lowest BCUT2D eigenvalue weighted by Gasteiger charge is -2.31. The van der Waals surface area contributed by atoms with Gasteiger partial charge in [-0.15, -0.1) is 0 Å². The lowest BCUT2D eigenvalue weighted by Crippen LogP contribution is -2.39. The van der Waals surface area contributed by atoms with Gasteiger partial charge in [0.25, 0.3) is 0 Å². The van der Waals surface area contributed by atoms with Crippen LogP contribution in [0.25, 0.3) is 6.08 Å². The molecule has 0 fully saturated rings. The van der Waals surface area contributed by atoms with Crippen LogP contribution in [0.2, 0.25) is 0 Å². The highest BCUT2D eigenvalue weighted by molar-refractivity contribution is 5.66. The molecular formula is C23H32F3NO3. The van der Waals surface area contributed by atoms with E-state index in [0.29, 0.717) is 18.1 Å². The van der Waals surface area contributed by atoms with E-state index in [-0.39, 0.29) is 31.5 Å². The van der Waals surface area contributed by atoms with Gasteiger partial charge in [0.05, 0.1) is 6.61 Å². The predicted molar refractivity (Wildman–Crippen MR) is 112 cm³/mol. The quantitative estimate of drug-likeness (QED) is 0.451. The van der Waals surface area contributed by atoms with E-state index in [9.17, 15) is 18.0 Å². The molecule has 1 aliphatic carbocycles. The van der Waals surface area contributed by atoms with Gasteiger partial charge < -0.3 is 15.2 Å². The first-order valence-corrected chi connectivity index (χ1v) is 10.6. The molecule has 0 spiro atoms. The van der Waals surface area contributed by atoms with Crippen LogP contribution in [-0.2, 0) is 11.2 Å². The van der Waals surface area contributed by atoms with E-state index in [4.69, 9.17) is 9.84 Å². The standard InChI is InChI=1S/C23H32F3NO3/c1-4-19(7-9-22(28)29)27-16(3)21-14-17-6-8-20(13-18(17)12-15(21)2)30-11-5-10-23(24,25)26/h6,8,13-16,19,27H,4-5,7,9-12H2,1-3H3,(H,28,29)/t15-,16?,19+/m0/s1. The average molecular weight is 428 g/mol. The summed E-state index contributed by atoms with van der Waals surface area (Å²) in [4.78, 5) is 10.9. The second-order valence-electron chi connectivity index (χ2n) is 8.10. The zero-order valence-corrected chi connectivity index (χ0v) is 17.9. The lowest BCUT2D eigenvalue weighted by atomic mass is 9.81. The number of hydrogen-bond acceptors (Lipinski definition) is 3. The van der Waals surface area contributed by atoms with Gasteiger partial charge in [0.2, 0.25) is 0 Å². The minimum Gasteiger partial charge on any atom is -0.494 e. The third kappa shape index (κ3) is 7.67. The molecule has 1 unspecified atom stereocenters. The van der Waals surface area contributed by atoms with Gasteiger partial charge in [-0.2, -0.15) is 13.2 Å². The number of alkyl halides is 3. The van der Waals surface area contributed by atoms with Crippen molar-refractivity contribution in [3.05, 3.63) is 34.9 Å². The van der Waals surface area contributed by atoms with Crippen LogP contribution in [-0.4, -0.2) is 35.9 Å². The Morgan fingerprint density at radius 3 is 2.73 bits per heavy atom. The normalized spacial score (nSPS) is 18.3. The van der Waals surface area contributed by atoms with Gasteiger partial charge >= 0.3 is 12.1 Å². The highest BCUT2D eigenvalue weighted by Gasteiger charge is 2.26. The first-order chi connectivity index (χ1) is 14.1. The van der Waals surface area contributed by atoms with Gasteiger partial charge in [0.15, 0.2) is 0 Å². The smallest absolute Gasteiger partial charge is 0.389 e. The van der Waals surface area contributed by atoms with Crippen LogP contribution in [0, 0.1) is 5.92 Å². The Labute approximate surface area is 176 Å². The highest BCUT2D eigenvalue weighted by Crippen LogP contribution is 2.33. The molecule has 168 valence electrons. The SMILES string of the molecule is CC[C@H](CCC(=O)O)NC(C)C1=Cc2ccc(OCCCC(F)(F)F)cc2C[C@@H]1C. The molecule has 0 aromatic heterocycles. The average Bonchev–Trinajstić information content (AvgIpc) is 2.66. The number of carboxylic acid groups (broad SMARTS) is 1. The zero-order chi connectivity index (χ0) is 22.3. The second kappa shape index (κ2) is 10.8. The number of halogens is 3. The van der Waals surface area contributed by atoms with Crippen LogP contribution in [0.1, 0.15) is 64.0 Å². The fourth-order valence-electron chi connectivity index (χ4n) is 3.93. The van der Waals surface area contributed by atoms with Crippen molar-refractivity contribution in [2.24, 2.45) is 5.92 Å². The summed E-state index contributed by atoms with van der Waals surface area (Å²) in [7, 11) is 0. The molecule has 0 aliphatic heterocycles. The van der Waals surface area contributed by atoms with Gasteiger partial charge in [-0.3, -0.25) is 4.79 Å². The van der Waals surface area contributed by atoms with Crippen LogP contribution < -0.4 is 10.1 Å². The number of rotatable bonds is 11. The van der Waals surface area contributed by atoms with Crippen LogP contribution >= 0.6 is 0 Å². The summed E-state index contributed by atoms with van der Waals surface area (Å²) >= 11 is 0. The first kappa shape index (κ1) is 24.3. The molecule has 1 aromatic carbocycles. The van der Waals surface area contributed by atoms with E-state index in [0.717, 1.165) is 24.0 Å². The lowest BCUT2D eigenvalue weighted by molar-refractivity contribution is -0.137. The third-order valence-electron chi connectivity index (χ3n) is 5.59. The molecule has 7 heteroatoms. The van der Waals surface area contributed by atoms with E-state index in [1.807, 2.05) is 12.1 Å². The van der Waals surface area contributed by atoms with Crippen molar-refractivity contribution >= 4 is 12.0 Å². The summed E-state index contributed by atoms with van der Waals surface area (Å²) in [6, 6.07) is 5.96. The molecule has 1 aromatic rings. The largest absolute Gasteiger partial charge is 0.494 e. The van der Waals surface area contributed by atoms with Gasteiger partial charge in [-0.25, -0.2) is 0 Å². The third-order valence-corrected chi connectivity index (χ3v) is 5.59. The summed E-state index contributed by atoms with van der Waals surface area (Å²) in [6.07, 6.45) is -0.417. The summed E-state index contributed by atoms with van der Waals surface area (Å²) in [6.45, 7) is 6.36. The Balaban J connectivity index is 2.00. The topological polar surface area (TPSA) is 58.6 Å². The molecule has 0 saturated heterocycles. The van der Waals surface area contributed by atoms with Crippen molar-refractivity contribution in [1.29, 1.82) is 0 Å². The molecule has 0 radical (unpaired) electrons. The molecule has 0 bridgehead atoms. The van der Waals surface area contributed by atoms with Crippen molar-refractivity contribution < 1.29 is 27.8 Å². The number of hydrogen-bond donors (Lipinski definition) is 2. The van der Waals surface area contributed by atoms with Crippen LogP contribution in [0.5, 0.6) is 5.75 Å². The number of benzene rings is 1. The molecule has 30 heavy (non-hydrogen) atoms. The van der Waals surface area contributed by atoms with E-state index < -0.39 is 18.6 Å². The molecule has 3 atom stereocenters. The molecule has 0 heterocycles. The van der Waals surface area contributed by atoms with Crippen LogP contribution in [0.3, 0.4) is 0 Å². The molecule has 2 N–H and O–H groups in total.